The minimum atomic E-state index is -0.392. The van der Waals surface area contributed by atoms with E-state index >= 15 is 0 Å². The van der Waals surface area contributed by atoms with Crippen molar-refractivity contribution in [1.29, 1.82) is 0 Å². The molecule has 6 heteroatoms. The van der Waals surface area contributed by atoms with Crippen molar-refractivity contribution in [3.8, 4) is 5.75 Å². The van der Waals surface area contributed by atoms with Gasteiger partial charge in [-0.3, -0.25) is 9.69 Å². The Morgan fingerprint density at radius 2 is 1.83 bits per heavy atom. The number of unbranched alkanes of at least 4 members (excludes halogenated alkanes) is 3. The molecule has 0 saturated heterocycles. The first kappa shape index (κ1) is 18.8. The maximum absolute atomic E-state index is 11.7. The third-order valence-corrected chi connectivity index (χ3v) is 3.13. The normalized spacial score (nSPS) is 10.0. The van der Waals surface area contributed by atoms with Crippen LogP contribution in [0.3, 0.4) is 0 Å². The summed E-state index contributed by atoms with van der Waals surface area (Å²) in [6.07, 6.45) is 3.88. The molecular weight excluding hydrogens is 296 g/mol. The molecule has 1 aromatic carbocycles. The average Bonchev–Trinajstić information content (AvgIpc) is 2.53. The van der Waals surface area contributed by atoms with Gasteiger partial charge in [-0.2, -0.15) is 0 Å². The summed E-state index contributed by atoms with van der Waals surface area (Å²) in [7, 11) is 1.63. The zero-order chi connectivity index (χ0) is 17.1. The third kappa shape index (κ3) is 8.09. The van der Waals surface area contributed by atoms with E-state index in [2.05, 4.69) is 12.2 Å². The number of nitrogens with zero attached hydrogens (tertiary/aromatic N) is 1. The van der Waals surface area contributed by atoms with E-state index < -0.39 is 6.09 Å². The maximum Gasteiger partial charge on any atom is 0.412 e. The fourth-order valence-corrected chi connectivity index (χ4v) is 1.86. The molecule has 0 aliphatic heterocycles. The van der Waals surface area contributed by atoms with Gasteiger partial charge in [-0.1, -0.05) is 26.2 Å². The minimum absolute atomic E-state index is 0.104. The van der Waals surface area contributed by atoms with E-state index in [1.165, 1.54) is 11.8 Å². The standard InChI is InChI=1S/C17H26N2O4/c1-4-5-6-7-12-22-17(21)19(3)13-23-16-10-8-15(9-11-16)18-14(2)20/h8-11H,4-7,12-13H2,1-3H3,(H,18,20). The number of rotatable bonds is 9. The molecule has 0 radical (unpaired) electrons. The monoisotopic (exact) mass is 322 g/mol. The van der Waals surface area contributed by atoms with E-state index in [9.17, 15) is 9.59 Å². The van der Waals surface area contributed by atoms with E-state index in [1.54, 1.807) is 31.3 Å². The summed E-state index contributed by atoms with van der Waals surface area (Å²) in [5, 5.41) is 2.67. The number of ether oxygens (including phenoxy) is 2. The van der Waals surface area contributed by atoms with Crippen LogP contribution in [-0.4, -0.2) is 37.3 Å². The summed E-state index contributed by atoms with van der Waals surface area (Å²) in [5.74, 6) is 0.488. The lowest BCUT2D eigenvalue weighted by molar-refractivity contribution is -0.114. The van der Waals surface area contributed by atoms with Crippen LogP contribution in [0.2, 0.25) is 0 Å². The van der Waals surface area contributed by atoms with Gasteiger partial charge in [0.1, 0.15) is 5.75 Å². The Morgan fingerprint density at radius 1 is 1.13 bits per heavy atom. The average molecular weight is 322 g/mol. The molecule has 0 atom stereocenters. The number of hydrogen-bond acceptors (Lipinski definition) is 4. The lowest BCUT2D eigenvalue weighted by Gasteiger charge is -2.17. The number of amides is 2. The molecule has 0 fully saturated rings. The molecular formula is C17H26N2O4. The summed E-state index contributed by atoms with van der Waals surface area (Å²) >= 11 is 0. The number of benzene rings is 1. The molecule has 0 heterocycles. The summed E-state index contributed by atoms with van der Waals surface area (Å²) < 4.78 is 10.7. The highest BCUT2D eigenvalue weighted by Gasteiger charge is 2.10. The minimum Gasteiger partial charge on any atom is -0.473 e. The molecule has 0 aliphatic carbocycles. The fourth-order valence-electron chi connectivity index (χ4n) is 1.86. The molecule has 128 valence electrons. The van der Waals surface area contributed by atoms with Crippen LogP contribution >= 0.6 is 0 Å². The molecule has 0 unspecified atom stereocenters. The van der Waals surface area contributed by atoms with Crippen LogP contribution in [-0.2, 0) is 9.53 Å². The van der Waals surface area contributed by atoms with Gasteiger partial charge < -0.3 is 14.8 Å². The Hall–Kier alpha value is -2.24. The molecule has 0 aliphatic rings. The number of hydrogen-bond donors (Lipinski definition) is 1. The summed E-state index contributed by atoms with van der Waals surface area (Å²) in [6.45, 7) is 4.13. The van der Waals surface area contributed by atoms with Crippen LogP contribution in [0.25, 0.3) is 0 Å². The van der Waals surface area contributed by atoms with Crippen molar-refractivity contribution in [2.45, 2.75) is 39.5 Å². The van der Waals surface area contributed by atoms with Crippen molar-refractivity contribution in [3.05, 3.63) is 24.3 Å². The van der Waals surface area contributed by atoms with E-state index in [0.29, 0.717) is 18.0 Å². The van der Waals surface area contributed by atoms with Crippen molar-refractivity contribution < 1.29 is 19.1 Å². The Labute approximate surface area is 137 Å². The zero-order valence-corrected chi connectivity index (χ0v) is 14.1. The first-order valence-electron chi connectivity index (χ1n) is 7.91. The van der Waals surface area contributed by atoms with Crippen LogP contribution in [0.4, 0.5) is 10.5 Å². The smallest absolute Gasteiger partial charge is 0.412 e. The van der Waals surface area contributed by atoms with E-state index in [4.69, 9.17) is 9.47 Å². The molecule has 0 saturated carbocycles. The van der Waals surface area contributed by atoms with Gasteiger partial charge >= 0.3 is 6.09 Å². The quantitative estimate of drug-likeness (QED) is 0.557. The second-order valence-electron chi connectivity index (χ2n) is 5.35. The fraction of sp³-hybridized carbons (Fsp3) is 0.529. The number of anilines is 1. The number of carbonyl (C=O) groups is 2. The molecule has 23 heavy (non-hydrogen) atoms. The van der Waals surface area contributed by atoms with E-state index in [-0.39, 0.29) is 12.6 Å². The van der Waals surface area contributed by atoms with Crippen molar-refractivity contribution in [2.75, 3.05) is 25.7 Å². The topological polar surface area (TPSA) is 67.9 Å². The summed E-state index contributed by atoms with van der Waals surface area (Å²) in [5.41, 5.74) is 0.699. The molecule has 2 amide bonds. The van der Waals surface area contributed by atoms with Crippen LogP contribution in [0.1, 0.15) is 39.5 Å². The highest BCUT2D eigenvalue weighted by atomic mass is 16.6. The summed E-state index contributed by atoms with van der Waals surface area (Å²) in [4.78, 5) is 24.1. The van der Waals surface area contributed by atoms with Gasteiger partial charge in [0.2, 0.25) is 5.91 Å². The van der Waals surface area contributed by atoms with Gasteiger partial charge in [0.15, 0.2) is 6.73 Å². The van der Waals surface area contributed by atoms with Gasteiger partial charge in [-0.05, 0) is 30.7 Å². The third-order valence-electron chi connectivity index (χ3n) is 3.13. The van der Waals surface area contributed by atoms with Crippen molar-refractivity contribution in [2.24, 2.45) is 0 Å². The van der Waals surface area contributed by atoms with Gasteiger partial charge in [0, 0.05) is 19.7 Å². The van der Waals surface area contributed by atoms with Gasteiger partial charge in [0.05, 0.1) is 6.61 Å². The van der Waals surface area contributed by atoms with Crippen LogP contribution in [0.15, 0.2) is 24.3 Å². The molecule has 6 nitrogen and oxygen atoms in total. The molecule has 1 rings (SSSR count). The first-order chi connectivity index (χ1) is 11.0. The molecule has 1 N–H and O–H groups in total. The number of nitrogens with one attached hydrogen (secondary N) is 1. The molecule has 0 aromatic heterocycles. The van der Waals surface area contributed by atoms with E-state index in [0.717, 1.165) is 25.7 Å². The number of carbonyl (C=O) groups excluding carboxylic acids is 2. The predicted molar refractivity (Wildman–Crippen MR) is 89.5 cm³/mol. The van der Waals surface area contributed by atoms with Crippen LogP contribution < -0.4 is 10.1 Å². The lowest BCUT2D eigenvalue weighted by atomic mass is 10.2. The Bertz CT molecular complexity index is 488. The Kier molecular flexibility index (Phi) is 8.57. The second kappa shape index (κ2) is 10.5. The van der Waals surface area contributed by atoms with Crippen molar-refractivity contribution >= 4 is 17.7 Å². The highest BCUT2D eigenvalue weighted by Crippen LogP contribution is 2.15. The van der Waals surface area contributed by atoms with Crippen molar-refractivity contribution in [1.82, 2.24) is 4.90 Å². The molecule has 0 bridgehead atoms. The molecule has 1 aromatic rings. The SMILES string of the molecule is CCCCCCOC(=O)N(C)COc1ccc(NC(C)=O)cc1. The maximum atomic E-state index is 11.7. The van der Waals surface area contributed by atoms with Gasteiger partial charge in [0.25, 0.3) is 0 Å². The van der Waals surface area contributed by atoms with Gasteiger partial charge in [-0.15, -0.1) is 0 Å². The highest BCUT2D eigenvalue weighted by molar-refractivity contribution is 5.88. The Balaban J connectivity index is 2.27. The largest absolute Gasteiger partial charge is 0.473 e. The van der Waals surface area contributed by atoms with Crippen molar-refractivity contribution in [3.63, 3.8) is 0 Å². The summed E-state index contributed by atoms with van der Waals surface area (Å²) in [6, 6.07) is 6.94. The van der Waals surface area contributed by atoms with Crippen LogP contribution in [0, 0.1) is 0 Å². The van der Waals surface area contributed by atoms with E-state index in [1.807, 2.05) is 0 Å². The zero-order valence-electron chi connectivity index (χ0n) is 14.1. The first-order valence-corrected chi connectivity index (χ1v) is 7.91. The second-order valence-corrected chi connectivity index (χ2v) is 5.35. The predicted octanol–water partition coefficient (Wildman–Crippen LogP) is 3.63. The van der Waals surface area contributed by atoms with Crippen LogP contribution in [0.5, 0.6) is 5.75 Å². The Morgan fingerprint density at radius 3 is 2.43 bits per heavy atom. The van der Waals surface area contributed by atoms with Gasteiger partial charge in [-0.25, -0.2) is 4.79 Å². The lowest BCUT2D eigenvalue weighted by Crippen LogP contribution is -2.31. The molecule has 0 spiro atoms.